The molecule has 0 unspecified atom stereocenters. The third-order valence-electron chi connectivity index (χ3n) is 3.87. The molecule has 3 heteroatoms. The van der Waals surface area contributed by atoms with Crippen molar-refractivity contribution in [3.8, 4) is 0 Å². The zero-order valence-corrected chi connectivity index (χ0v) is 9.67. The summed E-state index contributed by atoms with van der Waals surface area (Å²) in [7, 11) is 0. The van der Waals surface area contributed by atoms with Crippen LogP contribution in [0.5, 0.6) is 0 Å². The van der Waals surface area contributed by atoms with Gasteiger partial charge in [-0.1, -0.05) is 0 Å². The van der Waals surface area contributed by atoms with Crippen LogP contribution >= 0.6 is 0 Å². The summed E-state index contributed by atoms with van der Waals surface area (Å²) in [6, 6.07) is 3.60. The minimum absolute atomic E-state index is 0.155. The lowest BCUT2D eigenvalue weighted by atomic mass is 9.98. The molecule has 3 atom stereocenters. The van der Waals surface area contributed by atoms with Crippen molar-refractivity contribution in [3.63, 3.8) is 0 Å². The van der Waals surface area contributed by atoms with Gasteiger partial charge in [-0.2, -0.15) is 0 Å². The summed E-state index contributed by atoms with van der Waals surface area (Å²) in [6.45, 7) is 0. The number of carbonyl (C=O) groups excluding carboxylic acids is 1. The Kier molecular flexibility index (Phi) is 2.75. The van der Waals surface area contributed by atoms with Crippen LogP contribution in [-0.2, 0) is 9.53 Å². The van der Waals surface area contributed by atoms with E-state index in [9.17, 15) is 4.79 Å². The maximum absolute atomic E-state index is 11.6. The van der Waals surface area contributed by atoms with Crippen LogP contribution < -0.4 is 0 Å². The number of furan rings is 1. The fourth-order valence-electron chi connectivity index (χ4n) is 3.06. The van der Waals surface area contributed by atoms with Gasteiger partial charge in [0.2, 0.25) is 0 Å². The van der Waals surface area contributed by atoms with Crippen molar-refractivity contribution >= 4 is 12.0 Å². The highest BCUT2D eigenvalue weighted by atomic mass is 16.5. The van der Waals surface area contributed by atoms with Crippen LogP contribution in [0.15, 0.2) is 28.9 Å². The summed E-state index contributed by atoms with van der Waals surface area (Å²) in [5.41, 5.74) is 0. The maximum Gasteiger partial charge on any atom is 0.331 e. The zero-order chi connectivity index (χ0) is 11.7. The molecule has 0 spiro atoms. The molecule has 3 nitrogen and oxygen atoms in total. The average Bonchev–Trinajstić information content (AvgIpc) is 3.03. The number of carbonyl (C=O) groups is 1. The van der Waals surface area contributed by atoms with Crippen molar-refractivity contribution in [2.75, 3.05) is 0 Å². The third-order valence-corrected chi connectivity index (χ3v) is 3.87. The Bertz CT molecular complexity index is 419. The summed E-state index contributed by atoms with van der Waals surface area (Å²) in [4.78, 5) is 11.6. The minimum atomic E-state index is -0.251. The lowest BCUT2D eigenvalue weighted by Crippen LogP contribution is -2.22. The van der Waals surface area contributed by atoms with Crippen molar-refractivity contribution in [1.82, 2.24) is 0 Å². The monoisotopic (exact) mass is 232 g/mol. The topological polar surface area (TPSA) is 39.4 Å². The number of rotatable bonds is 3. The molecule has 2 aliphatic carbocycles. The number of hydrogen-bond acceptors (Lipinski definition) is 3. The van der Waals surface area contributed by atoms with Gasteiger partial charge in [0.25, 0.3) is 0 Å². The minimum Gasteiger partial charge on any atom is -0.465 e. The SMILES string of the molecule is O=C(/C=C/c1ccco1)O[C@H]1C[C@@H]2CC[C@H]1C2. The smallest absolute Gasteiger partial charge is 0.331 e. The second-order valence-electron chi connectivity index (χ2n) is 5.00. The standard InChI is InChI=1S/C14H16O3/c15-14(6-5-12-2-1-7-16-12)17-13-9-10-3-4-11(13)8-10/h1-2,5-7,10-11,13H,3-4,8-9H2/b6-5+/t10-,11+,13+/m1/s1. The van der Waals surface area contributed by atoms with E-state index in [4.69, 9.17) is 9.15 Å². The van der Waals surface area contributed by atoms with Gasteiger partial charge in [-0.25, -0.2) is 4.79 Å². The van der Waals surface area contributed by atoms with E-state index in [1.807, 2.05) is 0 Å². The van der Waals surface area contributed by atoms with Crippen molar-refractivity contribution in [2.24, 2.45) is 11.8 Å². The molecule has 0 radical (unpaired) electrons. The molecule has 0 N–H and O–H groups in total. The van der Waals surface area contributed by atoms with Gasteiger partial charge < -0.3 is 9.15 Å². The molecule has 1 heterocycles. The van der Waals surface area contributed by atoms with Gasteiger partial charge in [-0.05, 0) is 55.7 Å². The van der Waals surface area contributed by atoms with Gasteiger partial charge >= 0.3 is 5.97 Å². The van der Waals surface area contributed by atoms with Gasteiger partial charge in [0, 0.05) is 6.08 Å². The van der Waals surface area contributed by atoms with E-state index < -0.39 is 0 Å². The largest absolute Gasteiger partial charge is 0.465 e. The molecular formula is C14H16O3. The fraction of sp³-hybridized carbons (Fsp3) is 0.500. The van der Waals surface area contributed by atoms with E-state index in [1.165, 1.54) is 25.3 Å². The fourth-order valence-corrected chi connectivity index (χ4v) is 3.06. The lowest BCUT2D eigenvalue weighted by molar-refractivity contribution is -0.145. The van der Waals surface area contributed by atoms with Gasteiger partial charge in [0.15, 0.2) is 0 Å². The number of fused-ring (bicyclic) bond motifs is 2. The summed E-state index contributed by atoms with van der Waals surface area (Å²) in [5, 5.41) is 0. The van der Waals surface area contributed by atoms with Gasteiger partial charge in [-0.15, -0.1) is 0 Å². The summed E-state index contributed by atoms with van der Waals surface area (Å²) in [5.74, 6) is 1.83. The predicted octanol–water partition coefficient (Wildman–Crippen LogP) is 3.02. The quantitative estimate of drug-likeness (QED) is 0.594. The van der Waals surface area contributed by atoms with E-state index in [0.29, 0.717) is 11.7 Å². The van der Waals surface area contributed by atoms with Crippen molar-refractivity contribution in [1.29, 1.82) is 0 Å². The van der Waals surface area contributed by atoms with E-state index in [-0.39, 0.29) is 12.1 Å². The zero-order valence-electron chi connectivity index (χ0n) is 9.67. The number of esters is 1. The van der Waals surface area contributed by atoms with Crippen LogP contribution in [0.1, 0.15) is 31.4 Å². The normalized spacial score (nSPS) is 31.2. The molecule has 1 aromatic rings. The van der Waals surface area contributed by atoms with E-state index in [0.717, 1.165) is 12.3 Å². The molecule has 2 saturated carbocycles. The average molecular weight is 232 g/mol. The van der Waals surface area contributed by atoms with E-state index in [1.54, 1.807) is 24.5 Å². The Morgan fingerprint density at radius 3 is 3.00 bits per heavy atom. The molecule has 0 saturated heterocycles. The Morgan fingerprint density at radius 2 is 2.35 bits per heavy atom. The van der Waals surface area contributed by atoms with Crippen LogP contribution in [0.3, 0.4) is 0 Å². The molecule has 2 bridgehead atoms. The molecule has 0 aromatic carbocycles. The summed E-state index contributed by atoms with van der Waals surface area (Å²) in [6.07, 6.45) is 9.69. The van der Waals surface area contributed by atoms with Crippen molar-refractivity contribution in [3.05, 3.63) is 30.2 Å². The molecule has 2 fully saturated rings. The van der Waals surface area contributed by atoms with Crippen LogP contribution in [0.25, 0.3) is 6.08 Å². The van der Waals surface area contributed by atoms with Gasteiger partial charge in [0.1, 0.15) is 11.9 Å². The first-order chi connectivity index (χ1) is 8.31. The highest BCUT2D eigenvalue weighted by molar-refractivity contribution is 5.86. The molecular weight excluding hydrogens is 216 g/mol. The Labute approximate surface area is 100 Å². The lowest BCUT2D eigenvalue weighted by Gasteiger charge is -2.20. The van der Waals surface area contributed by atoms with Gasteiger partial charge in [0.05, 0.1) is 6.26 Å². The van der Waals surface area contributed by atoms with E-state index >= 15 is 0 Å². The highest BCUT2D eigenvalue weighted by Gasteiger charge is 2.41. The van der Waals surface area contributed by atoms with Crippen LogP contribution in [0, 0.1) is 11.8 Å². The molecule has 90 valence electrons. The first-order valence-electron chi connectivity index (χ1n) is 6.23. The Hall–Kier alpha value is -1.51. The highest BCUT2D eigenvalue weighted by Crippen LogP contribution is 2.45. The molecule has 0 amide bonds. The second kappa shape index (κ2) is 4.40. The first-order valence-corrected chi connectivity index (χ1v) is 6.23. The summed E-state index contributed by atoms with van der Waals surface area (Å²) < 4.78 is 10.6. The van der Waals surface area contributed by atoms with Crippen LogP contribution in [0.2, 0.25) is 0 Å². The number of ether oxygens (including phenoxy) is 1. The molecule has 1 aromatic heterocycles. The first kappa shape index (κ1) is 10.6. The predicted molar refractivity (Wildman–Crippen MR) is 63.1 cm³/mol. The van der Waals surface area contributed by atoms with Gasteiger partial charge in [-0.3, -0.25) is 0 Å². The molecule has 0 aliphatic heterocycles. The molecule has 17 heavy (non-hydrogen) atoms. The summed E-state index contributed by atoms with van der Waals surface area (Å²) >= 11 is 0. The van der Waals surface area contributed by atoms with E-state index in [2.05, 4.69) is 0 Å². The van der Waals surface area contributed by atoms with Crippen LogP contribution in [-0.4, -0.2) is 12.1 Å². The number of hydrogen-bond donors (Lipinski definition) is 0. The third kappa shape index (κ3) is 2.28. The second-order valence-corrected chi connectivity index (χ2v) is 5.00. The van der Waals surface area contributed by atoms with Crippen molar-refractivity contribution in [2.45, 2.75) is 31.8 Å². The molecule has 2 aliphatic rings. The van der Waals surface area contributed by atoms with Crippen molar-refractivity contribution < 1.29 is 13.9 Å². The Morgan fingerprint density at radius 1 is 1.41 bits per heavy atom. The maximum atomic E-state index is 11.6. The van der Waals surface area contributed by atoms with Crippen LogP contribution in [0.4, 0.5) is 0 Å². The molecule has 3 rings (SSSR count). The Balaban J connectivity index is 1.54.